The highest BCUT2D eigenvalue weighted by atomic mass is 32.2. The molecule has 2 aromatic carbocycles. The van der Waals surface area contributed by atoms with Gasteiger partial charge >= 0.3 is 0 Å². The molecule has 5 nitrogen and oxygen atoms in total. The van der Waals surface area contributed by atoms with Crippen LogP contribution in [0.1, 0.15) is 16.7 Å². The maximum atomic E-state index is 11.8. The minimum Gasteiger partial charge on any atom is -0.454 e. The van der Waals surface area contributed by atoms with Gasteiger partial charge in [0.15, 0.2) is 11.5 Å². The number of hydrogen-bond acceptors (Lipinski definition) is 5. The predicted molar refractivity (Wildman–Crippen MR) is 95.6 cm³/mol. The van der Waals surface area contributed by atoms with Gasteiger partial charge < -0.3 is 9.47 Å². The average molecular weight is 342 g/mol. The third kappa shape index (κ3) is 4.29. The maximum absolute atomic E-state index is 11.8. The number of benzene rings is 2. The first-order valence-corrected chi connectivity index (χ1v) is 8.71. The Bertz CT molecular complexity index is 762. The van der Waals surface area contributed by atoms with Crippen molar-refractivity contribution in [3.63, 3.8) is 0 Å². The molecule has 0 spiro atoms. The first-order chi connectivity index (χ1) is 11.7. The van der Waals surface area contributed by atoms with Crippen LogP contribution in [-0.2, 0) is 10.5 Å². The molecule has 0 saturated heterocycles. The van der Waals surface area contributed by atoms with E-state index in [0.29, 0.717) is 11.5 Å². The van der Waals surface area contributed by atoms with Crippen LogP contribution in [0.5, 0.6) is 11.5 Å². The van der Waals surface area contributed by atoms with Crippen LogP contribution in [0.2, 0.25) is 0 Å². The number of hydrogen-bond donors (Lipinski definition) is 1. The number of nitrogens with zero attached hydrogens (tertiary/aromatic N) is 1. The van der Waals surface area contributed by atoms with E-state index in [1.165, 1.54) is 11.1 Å². The van der Waals surface area contributed by atoms with Crippen LogP contribution < -0.4 is 14.9 Å². The normalized spacial score (nSPS) is 12.5. The number of thioether (sulfide) groups is 1. The van der Waals surface area contributed by atoms with E-state index in [4.69, 9.17) is 9.47 Å². The van der Waals surface area contributed by atoms with Gasteiger partial charge in [-0.25, -0.2) is 5.43 Å². The quantitative estimate of drug-likeness (QED) is 0.647. The molecular weight excluding hydrogens is 324 g/mol. The summed E-state index contributed by atoms with van der Waals surface area (Å²) >= 11 is 1.57. The number of carbonyl (C=O) groups excluding carboxylic acids is 1. The number of aryl methyl sites for hydroxylation is 1. The molecule has 1 heterocycles. The molecule has 0 aliphatic carbocycles. The summed E-state index contributed by atoms with van der Waals surface area (Å²) in [5.41, 5.74) is 5.87. The van der Waals surface area contributed by atoms with Crippen LogP contribution in [0.3, 0.4) is 0 Å². The number of amides is 1. The number of hydrazone groups is 1. The molecule has 3 rings (SSSR count). The molecule has 2 aromatic rings. The van der Waals surface area contributed by atoms with Gasteiger partial charge in [0.1, 0.15) is 0 Å². The first-order valence-electron chi connectivity index (χ1n) is 7.56. The van der Waals surface area contributed by atoms with Crippen molar-refractivity contribution in [3.8, 4) is 11.5 Å². The summed E-state index contributed by atoms with van der Waals surface area (Å²) < 4.78 is 10.5. The standard InChI is InChI=1S/C18H18N2O3S/c1-13-4-2-3-5-15(13)10-24-11-18(21)20-19-9-14-6-7-16-17(8-14)23-12-22-16/h2-9H,10-12H2,1H3,(H,20,21). The average Bonchev–Trinajstić information content (AvgIpc) is 3.04. The van der Waals surface area contributed by atoms with E-state index in [-0.39, 0.29) is 12.7 Å². The Morgan fingerprint density at radius 3 is 2.96 bits per heavy atom. The number of nitrogens with one attached hydrogen (secondary N) is 1. The van der Waals surface area contributed by atoms with E-state index in [2.05, 4.69) is 29.6 Å². The van der Waals surface area contributed by atoms with Crippen LogP contribution in [0.15, 0.2) is 47.6 Å². The van der Waals surface area contributed by atoms with Gasteiger partial charge in [-0.3, -0.25) is 4.79 Å². The van der Waals surface area contributed by atoms with Gasteiger partial charge in [-0.05, 0) is 41.8 Å². The van der Waals surface area contributed by atoms with Crippen molar-refractivity contribution in [2.75, 3.05) is 12.5 Å². The van der Waals surface area contributed by atoms with E-state index in [1.54, 1.807) is 18.0 Å². The van der Waals surface area contributed by atoms with Crippen molar-refractivity contribution in [1.82, 2.24) is 5.43 Å². The molecule has 24 heavy (non-hydrogen) atoms. The fraction of sp³-hybridized carbons (Fsp3) is 0.222. The molecule has 0 unspecified atom stereocenters. The second-order valence-electron chi connectivity index (χ2n) is 5.33. The monoisotopic (exact) mass is 342 g/mol. The summed E-state index contributed by atoms with van der Waals surface area (Å²) in [5.74, 6) is 2.48. The molecule has 1 amide bonds. The lowest BCUT2D eigenvalue weighted by molar-refractivity contribution is -0.118. The van der Waals surface area contributed by atoms with Gasteiger partial charge in [0.25, 0.3) is 0 Å². The van der Waals surface area contributed by atoms with Crippen molar-refractivity contribution in [1.29, 1.82) is 0 Å². The van der Waals surface area contributed by atoms with Crippen LogP contribution >= 0.6 is 11.8 Å². The Labute approximate surface area is 145 Å². The highest BCUT2D eigenvalue weighted by Crippen LogP contribution is 2.31. The highest BCUT2D eigenvalue weighted by molar-refractivity contribution is 7.99. The topological polar surface area (TPSA) is 59.9 Å². The Hall–Kier alpha value is -2.47. The Kier molecular flexibility index (Phi) is 5.38. The highest BCUT2D eigenvalue weighted by Gasteiger charge is 2.12. The second-order valence-corrected chi connectivity index (χ2v) is 6.31. The molecule has 0 saturated carbocycles. The molecule has 1 aliphatic rings. The molecular formula is C18H18N2O3S. The van der Waals surface area contributed by atoms with Gasteiger partial charge in [-0.15, -0.1) is 11.8 Å². The van der Waals surface area contributed by atoms with E-state index < -0.39 is 0 Å². The zero-order valence-corrected chi connectivity index (χ0v) is 14.1. The lowest BCUT2D eigenvalue weighted by Crippen LogP contribution is -2.19. The van der Waals surface area contributed by atoms with Crippen LogP contribution in [0.25, 0.3) is 0 Å². The van der Waals surface area contributed by atoms with E-state index in [0.717, 1.165) is 17.1 Å². The Morgan fingerprint density at radius 2 is 2.08 bits per heavy atom. The predicted octanol–water partition coefficient (Wildman–Crippen LogP) is 3.11. The van der Waals surface area contributed by atoms with E-state index in [9.17, 15) is 4.79 Å². The Balaban J connectivity index is 1.43. The molecule has 0 atom stereocenters. The summed E-state index contributed by atoms with van der Waals surface area (Å²) in [4.78, 5) is 11.8. The number of rotatable bonds is 6. The van der Waals surface area contributed by atoms with Crippen molar-refractivity contribution in [3.05, 3.63) is 59.2 Å². The summed E-state index contributed by atoms with van der Waals surface area (Å²) in [7, 11) is 0. The first kappa shape index (κ1) is 16.4. The van der Waals surface area contributed by atoms with E-state index in [1.807, 2.05) is 30.3 Å². The van der Waals surface area contributed by atoms with Gasteiger partial charge in [-0.2, -0.15) is 5.10 Å². The molecule has 0 fully saturated rings. The van der Waals surface area contributed by atoms with E-state index >= 15 is 0 Å². The van der Waals surface area contributed by atoms with Crippen LogP contribution in [-0.4, -0.2) is 24.7 Å². The molecule has 124 valence electrons. The van der Waals surface area contributed by atoms with Crippen LogP contribution in [0, 0.1) is 6.92 Å². The van der Waals surface area contributed by atoms with Crippen molar-refractivity contribution < 1.29 is 14.3 Å². The van der Waals surface area contributed by atoms with Gasteiger partial charge in [0.2, 0.25) is 12.7 Å². The SMILES string of the molecule is Cc1ccccc1CSCC(=O)NN=Cc1ccc2c(c1)OCO2. The molecule has 6 heteroatoms. The molecule has 0 bridgehead atoms. The minimum atomic E-state index is -0.120. The summed E-state index contributed by atoms with van der Waals surface area (Å²) in [6, 6.07) is 13.7. The smallest absolute Gasteiger partial charge is 0.250 e. The molecule has 1 aliphatic heterocycles. The van der Waals surface area contributed by atoms with Gasteiger partial charge in [-0.1, -0.05) is 24.3 Å². The minimum absolute atomic E-state index is 0.120. The zero-order chi connectivity index (χ0) is 16.8. The zero-order valence-electron chi connectivity index (χ0n) is 13.3. The molecule has 1 N–H and O–H groups in total. The maximum Gasteiger partial charge on any atom is 0.250 e. The van der Waals surface area contributed by atoms with Crippen molar-refractivity contribution >= 4 is 23.9 Å². The largest absolute Gasteiger partial charge is 0.454 e. The lowest BCUT2D eigenvalue weighted by atomic mass is 10.1. The Morgan fingerprint density at radius 1 is 1.25 bits per heavy atom. The third-order valence-electron chi connectivity index (χ3n) is 3.55. The number of fused-ring (bicyclic) bond motifs is 1. The molecule has 0 aromatic heterocycles. The number of carbonyl (C=O) groups is 1. The summed E-state index contributed by atoms with van der Waals surface area (Å²) in [6.45, 7) is 2.32. The van der Waals surface area contributed by atoms with Crippen LogP contribution in [0.4, 0.5) is 0 Å². The fourth-order valence-electron chi connectivity index (χ4n) is 2.23. The second kappa shape index (κ2) is 7.88. The molecule has 0 radical (unpaired) electrons. The van der Waals surface area contributed by atoms with Crippen molar-refractivity contribution in [2.45, 2.75) is 12.7 Å². The van der Waals surface area contributed by atoms with Crippen molar-refractivity contribution in [2.24, 2.45) is 5.10 Å². The number of ether oxygens (including phenoxy) is 2. The lowest BCUT2D eigenvalue weighted by Gasteiger charge is -2.04. The van der Waals surface area contributed by atoms with Gasteiger partial charge in [0, 0.05) is 5.75 Å². The fourth-order valence-corrected chi connectivity index (χ4v) is 3.13. The third-order valence-corrected chi connectivity index (χ3v) is 4.53. The summed E-state index contributed by atoms with van der Waals surface area (Å²) in [6.07, 6.45) is 1.59. The van der Waals surface area contributed by atoms with Gasteiger partial charge in [0.05, 0.1) is 12.0 Å². The summed E-state index contributed by atoms with van der Waals surface area (Å²) in [5, 5.41) is 3.98.